The molecule has 1 saturated carbocycles. The first kappa shape index (κ1) is 11.9. The molecule has 92 valence electrons. The number of hydrogen-bond donors (Lipinski definition) is 1. The van der Waals surface area contributed by atoms with Gasteiger partial charge in [-0.1, -0.05) is 0 Å². The van der Waals surface area contributed by atoms with Gasteiger partial charge in [-0.05, 0) is 32.6 Å². The van der Waals surface area contributed by atoms with Gasteiger partial charge in [-0.3, -0.25) is 9.59 Å². The van der Waals surface area contributed by atoms with Gasteiger partial charge in [0.1, 0.15) is 0 Å². The molecule has 0 bridgehead atoms. The lowest BCUT2D eigenvalue weighted by Crippen LogP contribution is -2.22. The van der Waals surface area contributed by atoms with Crippen LogP contribution in [-0.2, 0) is 4.79 Å². The number of carbonyl (C=O) groups is 1. The van der Waals surface area contributed by atoms with Crippen LogP contribution in [0.15, 0.2) is 16.9 Å². The molecule has 0 amide bonds. The zero-order valence-corrected chi connectivity index (χ0v) is 10.1. The Labute approximate surface area is 99.9 Å². The summed E-state index contributed by atoms with van der Waals surface area (Å²) in [5.74, 6) is -0.328. The maximum absolute atomic E-state index is 11.4. The zero-order valence-electron chi connectivity index (χ0n) is 10.1. The summed E-state index contributed by atoms with van der Waals surface area (Å²) < 4.78 is 2.01. The van der Waals surface area contributed by atoms with Crippen molar-refractivity contribution in [2.24, 2.45) is 5.92 Å². The molecule has 1 aromatic rings. The average Bonchev–Trinajstić information content (AvgIpc) is 2.96. The molecular weight excluding hydrogens is 218 g/mol. The van der Waals surface area contributed by atoms with Crippen LogP contribution in [0.2, 0.25) is 0 Å². The molecule has 1 unspecified atom stereocenters. The Kier molecular flexibility index (Phi) is 3.05. The molecule has 1 aliphatic rings. The maximum Gasteiger partial charge on any atom is 0.305 e. The van der Waals surface area contributed by atoms with E-state index < -0.39 is 5.97 Å². The molecule has 2 rings (SSSR count). The molecule has 0 aliphatic heterocycles. The van der Waals surface area contributed by atoms with E-state index in [1.54, 1.807) is 12.1 Å². The number of carboxylic acids is 1. The van der Waals surface area contributed by atoms with Crippen LogP contribution in [0.25, 0.3) is 0 Å². The van der Waals surface area contributed by atoms with Gasteiger partial charge < -0.3 is 9.67 Å². The second-order valence-electron chi connectivity index (χ2n) is 4.85. The van der Waals surface area contributed by atoms with Gasteiger partial charge in [0.2, 0.25) is 0 Å². The average molecular weight is 235 g/mol. The van der Waals surface area contributed by atoms with Crippen molar-refractivity contribution in [2.75, 3.05) is 0 Å². The number of aromatic nitrogens is 1. The van der Waals surface area contributed by atoms with Crippen LogP contribution in [0.4, 0.5) is 0 Å². The van der Waals surface area contributed by atoms with Crippen molar-refractivity contribution in [1.82, 2.24) is 4.57 Å². The van der Waals surface area contributed by atoms with Crippen LogP contribution in [0.1, 0.15) is 36.7 Å². The molecule has 1 N–H and O–H groups in total. The van der Waals surface area contributed by atoms with E-state index in [0.29, 0.717) is 5.92 Å². The highest BCUT2D eigenvalue weighted by atomic mass is 16.4. The Balaban J connectivity index is 2.41. The lowest BCUT2D eigenvalue weighted by atomic mass is 10.1. The van der Waals surface area contributed by atoms with E-state index in [-0.39, 0.29) is 17.9 Å². The van der Waals surface area contributed by atoms with Crippen LogP contribution < -0.4 is 5.43 Å². The predicted molar refractivity (Wildman–Crippen MR) is 64.2 cm³/mol. The summed E-state index contributed by atoms with van der Waals surface area (Å²) in [7, 11) is 0. The molecule has 1 aliphatic carbocycles. The number of carboxylic acid groups (broad SMARTS) is 1. The summed E-state index contributed by atoms with van der Waals surface area (Å²) in [6, 6.07) is 3.14. The minimum absolute atomic E-state index is 0.00639. The molecular formula is C13H17NO3. The Bertz CT molecular complexity index is 474. The van der Waals surface area contributed by atoms with Crippen molar-refractivity contribution >= 4 is 5.97 Å². The Hall–Kier alpha value is -1.58. The molecule has 4 nitrogen and oxygen atoms in total. The minimum Gasteiger partial charge on any atom is -0.481 e. The normalized spacial score (nSPS) is 16.8. The smallest absolute Gasteiger partial charge is 0.305 e. The summed E-state index contributed by atoms with van der Waals surface area (Å²) in [4.78, 5) is 22.3. The van der Waals surface area contributed by atoms with E-state index >= 15 is 0 Å². The third kappa shape index (κ3) is 2.57. The summed E-state index contributed by atoms with van der Waals surface area (Å²) in [6.07, 6.45) is 2.31. The van der Waals surface area contributed by atoms with Crippen LogP contribution in [0, 0.1) is 19.8 Å². The van der Waals surface area contributed by atoms with Gasteiger partial charge in [-0.2, -0.15) is 0 Å². The second kappa shape index (κ2) is 4.35. The molecule has 0 aromatic carbocycles. The largest absolute Gasteiger partial charge is 0.481 e. The van der Waals surface area contributed by atoms with Crippen LogP contribution in [-0.4, -0.2) is 15.6 Å². The van der Waals surface area contributed by atoms with Crippen molar-refractivity contribution < 1.29 is 9.90 Å². The van der Waals surface area contributed by atoms with Gasteiger partial charge >= 0.3 is 5.97 Å². The summed E-state index contributed by atoms with van der Waals surface area (Å²) >= 11 is 0. The fourth-order valence-corrected chi connectivity index (χ4v) is 2.52. The third-order valence-electron chi connectivity index (χ3n) is 3.34. The summed E-state index contributed by atoms with van der Waals surface area (Å²) in [6.45, 7) is 3.73. The Morgan fingerprint density at radius 3 is 2.35 bits per heavy atom. The van der Waals surface area contributed by atoms with Crippen LogP contribution in [0.3, 0.4) is 0 Å². The third-order valence-corrected chi connectivity index (χ3v) is 3.34. The van der Waals surface area contributed by atoms with Crippen molar-refractivity contribution in [3.05, 3.63) is 33.7 Å². The Morgan fingerprint density at radius 2 is 1.94 bits per heavy atom. The predicted octanol–water partition coefficient (Wildman–Crippen LogP) is 1.89. The Morgan fingerprint density at radius 1 is 1.41 bits per heavy atom. The number of aryl methyl sites for hydroxylation is 2. The van der Waals surface area contributed by atoms with Crippen LogP contribution >= 0.6 is 0 Å². The van der Waals surface area contributed by atoms with E-state index in [1.165, 1.54) is 0 Å². The molecule has 0 saturated heterocycles. The lowest BCUT2D eigenvalue weighted by molar-refractivity contribution is -0.138. The van der Waals surface area contributed by atoms with E-state index in [0.717, 1.165) is 24.2 Å². The van der Waals surface area contributed by atoms with Gasteiger partial charge in [0.05, 0.1) is 6.42 Å². The number of pyridine rings is 1. The van der Waals surface area contributed by atoms with Gasteiger partial charge in [-0.25, -0.2) is 0 Å². The molecule has 1 fully saturated rings. The van der Waals surface area contributed by atoms with Crippen molar-refractivity contribution in [2.45, 2.75) is 39.2 Å². The summed E-state index contributed by atoms with van der Waals surface area (Å²) in [5, 5.41) is 8.98. The zero-order chi connectivity index (χ0) is 12.6. The number of aliphatic carboxylic acids is 1. The second-order valence-corrected chi connectivity index (χ2v) is 4.85. The number of nitrogens with zero attached hydrogens (tertiary/aromatic N) is 1. The first-order valence-electron chi connectivity index (χ1n) is 5.90. The van der Waals surface area contributed by atoms with Crippen LogP contribution in [0.5, 0.6) is 0 Å². The molecule has 1 heterocycles. The molecule has 17 heavy (non-hydrogen) atoms. The highest BCUT2D eigenvalue weighted by molar-refractivity contribution is 5.67. The quantitative estimate of drug-likeness (QED) is 0.867. The highest BCUT2D eigenvalue weighted by Crippen LogP contribution is 2.42. The maximum atomic E-state index is 11.4. The standard InChI is InChI=1S/C13H17NO3/c1-8-5-11(15)6-9(2)14(8)12(7-13(16)17)10-3-4-10/h5-6,10,12H,3-4,7H2,1-2H3,(H,16,17). The van der Waals surface area contributed by atoms with Gasteiger partial charge in [0.15, 0.2) is 5.43 Å². The van der Waals surface area contributed by atoms with Crippen molar-refractivity contribution in [1.29, 1.82) is 0 Å². The minimum atomic E-state index is -0.778. The molecule has 0 spiro atoms. The van der Waals surface area contributed by atoms with E-state index in [4.69, 9.17) is 5.11 Å². The number of hydrogen-bond acceptors (Lipinski definition) is 2. The number of rotatable bonds is 4. The van der Waals surface area contributed by atoms with Gasteiger partial charge in [0.25, 0.3) is 0 Å². The fraction of sp³-hybridized carbons (Fsp3) is 0.538. The molecule has 0 radical (unpaired) electrons. The van der Waals surface area contributed by atoms with Gasteiger partial charge in [0, 0.05) is 29.6 Å². The van der Waals surface area contributed by atoms with Gasteiger partial charge in [-0.15, -0.1) is 0 Å². The first-order chi connectivity index (χ1) is 7.99. The molecule has 1 atom stereocenters. The summed E-state index contributed by atoms with van der Waals surface area (Å²) in [5.41, 5.74) is 1.70. The lowest BCUT2D eigenvalue weighted by Gasteiger charge is -2.23. The van der Waals surface area contributed by atoms with E-state index in [2.05, 4.69) is 0 Å². The molecule has 4 heteroatoms. The van der Waals surface area contributed by atoms with Crippen molar-refractivity contribution in [3.8, 4) is 0 Å². The van der Waals surface area contributed by atoms with Crippen molar-refractivity contribution in [3.63, 3.8) is 0 Å². The SMILES string of the molecule is Cc1cc(=O)cc(C)n1C(CC(=O)O)C1CC1. The first-order valence-corrected chi connectivity index (χ1v) is 5.90. The monoisotopic (exact) mass is 235 g/mol. The topological polar surface area (TPSA) is 59.3 Å². The van der Waals surface area contributed by atoms with E-state index in [9.17, 15) is 9.59 Å². The molecule has 1 aromatic heterocycles. The fourth-order valence-electron chi connectivity index (χ4n) is 2.52. The van der Waals surface area contributed by atoms with E-state index in [1.807, 2.05) is 18.4 Å². The highest BCUT2D eigenvalue weighted by Gasteiger charge is 2.34.